The minimum atomic E-state index is -0.0822. The molecule has 28 heavy (non-hydrogen) atoms. The molecule has 2 amide bonds. The Morgan fingerprint density at radius 2 is 1.68 bits per heavy atom. The number of piperidine rings is 1. The Morgan fingerprint density at radius 1 is 1.00 bits per heavy atom. The first kappa shape index (κ1) is 19.0. The van der Waals surface area contributed by atoms with Crippen LogP contribution in [0.4, 0.5) is 5.82 Å². The fraction of sp³-hybridized carbons (Fsp3) is 0.476. The fourth-order valence-corrected chi connectivity index (χ4v) is 4.33. The Morgan fingerprint density at radius 3 is 2.36 bits per heavy atom. The zero-order chi connectivity index (χ0) is 19.5. The molecule has 148 valence electrons. The molecule has 2 fully saturated rings. The summed E-state index contributed by atoms with van der Waals surface area (Å²) in [4.78, 5) is 27.2. The number of likely N-dealkylation sites (tertiary alicyclic amines) is 1. The molecular formula is C21H25ClN4O2. The quantitative estimate of drug-likeness (QED) is 0.838. The van der Waals surface area contributed by atoms with E-state index in [0.717, 1.165) is 18.7 Å². The lowest BCUT2D eigenvalue weighted by atomic mass is 9.95. The molecule has 1 aromatic heterocycles. The average Bonchev–Trinajstić information content (AvgIpc) is 3.40. The third-order valence-electron chi connectivity index (χ3n) is 5.84. The predicted octanol–water partition coefficient (Wildman–Crippen LogP) is 4.14. The summed E-state index contributed by atoms with van der Waals surface area (Å²) in [7, 11) is 0. The highest BCUT2D eigenvalue weighted by atomic mass is 35.5. The highest BCUT2D eigenvalue weighted by Gasteiger charge is 2.29. The van der Waals surface area contributed by atoms with Gasteiger partial charge in [0.05, 0.1) is 12.2 Å². The Balaban J connectivity index is 1.32. The monoisotopic (exact) mass is 400 g/mol. The molecule has 1 aliphatic carbocycles. The number of halogens is 1. The molecule has 0 unspecified atom stereocenters. The average molecular weight is 401 g/mol. The smallest absolute Gasteiger partial charge is 0.253 e. The molecule has 6 nitrogen and oxygen atoms in total. The number of benzene rings is 1. The zero-order valence-corrected chi connectivity index (χ0v) is 16.6. The van der Waals surface area contributed by atoms with E-state index in [1.54, 1.807) is 30.5 Å². The highest BCUT2D eigenvalue weighted by Crippen LogP contribution is 2.31. The largest absolute Gasteiger partial charge is 0.339 e. The van der Waals surface area contributed by atoms with Crippen molar-refractivity contribution in [1.82, 2.24) is 14.7 Å². The number of amides is 2. The number of carbonyl (C=O) groups excluding carboxylic acids is 2. The third kappa shape index (κ3) is 4.07. The molecule has 0 bridgehead atoms. The molecule has 1 aromatic carbocycles. The van der Waals surface area contributed by atoms with Crippen molar-refractivity contribution in [3.05, 3.63) is 47.1 Å². The van der Waals surface area contributed by atoms with E-state index in [4.69, 9.17) is 11.6 Å². The number of rotatable bonds is 4. The lowest BCUT2D eigenvalue weighted by Crippen LogP contribution is -2.41. The summed E-state index contributed by atoms with van der Waals surface area (Å²) in [6.07, 6.45) is 7.77. The van der Waals surface area contributed by atoms with Crippen LogP contribution < -0.4 is 5.32 Å². The summed E-state index contributed by atoms with van der Waals surface area (Å²) in [6, 6.07) is 9.20. The lowest BCUT2D eigenvalue weighted by Gasteiger charge is -2.31. The number of aromatic nitrogens is 2. The number of hydrogen-bond donors (Lipinski definition) is 1. The second-order valence-corrected chi connectivity index (χ2v) is 8.10. The molecule has 1 saturated carbocycles. The van der Waals surface area contributed by atoms with Crippen LogP contribution in [0, 0.1) is 5.92 Å². The zero-order valence-electron chi connectivity index (χ0n) is 15.8. The fourth-order valence-electron chi connectivity index (χ4n) is 4.20. The van der Waals surface area contributed by atoms with Crippen molar-refractivity contribution in [2.75, 3.05) is 18.4 Å². The number of anilines is 1. The van der Waals surface area contributed by atoms with Gasteiger partial charge in [0, 0.05) is 35.7 Å². The number of nitrogens with one attached hydrogen (secondary N) is 1. The van der Waals surface area contributed by atoms with Crippen LogP contribution in [0.2, 0.25) is 5.02 Å². The molecule has 0 spiro atoms. The SMILES string of the molecule is O=C(Nc1ccnn1C1CCCC1)C1CCN(C(=O)c2ccc(Cl)cc2)CC1. The molecule has 4 rings (SSSR count). The molecule has 7 heteroatoms. The second-order valence-electron chi connectivity index (χ2n) is 7.66. The molecule has 0 radical (unpaired) electrons. The van der Waals surface area contributed by atoms with Crippen molar-refractivity contribution in [2.45, 2.75) is 44.6 Å². The van der Waals surface area contributed by atoms with Gasteiger partial charge in [-0.1, -0.05) is 24.4 Å². The van der Waals surface area contributed by atoms with E-state index in [1.807, 2.05) is 15.6 Å². The van der Waals surface area contributed by atoms with Gasteiger partial charge in [-0.15, -0.1) is 0 Å². The lowest BCUT2D eigenvalue weighted by molar-refractivity contribution is -0.121. The Labute approximate surface area is 169 Å². The van der Waals surface area contributed by atoms with Crippen LogP contribution in [0.3, 0.4) is 0 Å². The van der Waals surface area contributed by atoms with Crippen LogP contribution in [0.25, 0.3) is 0 Å². The summed E-state index contributed by atoms with van der Waals surface area (Å²) in [5.74, 6) is 0.728. The van der Waals surface area contributed by atoms with E-state index < -0.39 is 0 Å². The van der Waals surface area contributed by atoms with Gasteiger partial charge in [-0.05, 0) is 49.9 Å². The first-order chi connectivity index (χ1) is 13.6. The van der Waals surface area contributed by atoms with E-state index in [0.29, 0.717) is 42.6 Å². The molecule has 0 atom stereocenters. The summed E-state index contributed by atoms with van der Waals surface area (Å²) < 4.78 is 1.96. The maximum absolute atomic E-state index is 12.7. The van der Waals surface area contributed by atoms with Gasteiger partial charge < -0.3 is 10.2 Å². The molecule has 2 aromatic rings. The standard InChI is InChI=1S/C21H25ClN4O2/c22-17-7-5-16(6-8-17)21(28)25-13-10-15(11-14-25)20(27)24-19-9-12-23-26(19)18-3-1-2-4-18/h5-9,12,15,18H,1-4,10-11,13-14H2,(H,24,27). The van der Waals surface area contributed by atoms with E-state index in [1.165, 1.54) is 12.8 Å². The van der Waals surface area contributed by atoms with Crippen LogP contribution in [-0.4, -0.2) is 39.6 Å². The molecule has 1 aliphatic heterocycles. The number of hydrogen-bond acceptors (Lipinski definition) is 3. The summed E-state index contributed by atoms with van der Waals surface area (Å²) in [5, 5.41) is 8.09. The van der Waals surface area contributed by atoms with Crippen LogP contribution in [0.1, 0.15) is 54.9 Å². The van der Waals surface area contributed by atoms with Gasteiger partial charge in [0.25, 0.3) is 5.91 Å². The molecule has 2 heterocycles. The van der Waals surface area contributed by atoms with Gasteiger partial charge in [0.1, 0.15) is 5.82 Å². The van der Waals surface area contributed by atoms with Crippen LogP contribution in [0.5, 0.6) is 0 Å². The summed E-state index contributed by atoms with van der Waals surface area (Å²) in [6.45, 7) is 1.17. The minimum Gasteiger partial charge on any atom is -0.339 e. The van der Waals surface area contributed by atoms with Crippen LogP contribution in [0.15, 0.2) is 36.5 Å². The van der Waals surface area contributed by atoms with Gasteiger partial charge in [-0.3, -0.25) is 9.59 Å². The Bertz CT molecular complexity index is 834. The highest BCUT2D eigenvalue weighted by molar-refractivity contribution is 6.30. The topological polar surface area (TPSA) is 67.2 Å². The van der Waals surface area contributed by atoms with Crippen molar-refractivity contribution in [3.8, 4) is 0 Å². The third-order valence-corrected chi connectivity index (χ3v) is 6.09. The molecule has 1 N–H and O–H groups in total. The van der Waals surface area contributed by atoms with Gasteiger partial charge in [-0.25, -0.2) is 4.68 Å². The van der Waals surface area contributed by atoms with E-state index in [2.05, 4.69) is 10.4 Å². The Kier molecular flexibility index (Phi) is 5.67. The first-order valence-corrected chi connectivity index (χ1v) is 10.4. The summed E-state index contributed by atoms with van der Waals surface area (Å²) >= 11 is 5.89. The van der Waals surface area contributed by atoms with Crippen molar-refractivity contribution >= 4 is 29.2 Å². The van der Waals surface area contributed by atoms with E-state index in [9.17, 15) is 9.59 Å². The first-order valence-electron chi connectivity index (χ1n) is 10.0. The van der Waals surface area contributed by atoms with Gasteiger partial charge in [-0.2, -0.15) is 5.10 Å². The van der Waals surface area contributed by atoms with Crippen molar-refractivity contribution < 1.29 is 9.59 Å². The van der Waals surface area contributed by atoms with Gasteiger partial charge in [0.15, 0.2) is 0 Å². The van der Waals surface area contributed by atoms with Crippen LogP contribution in [-0.2, 0) is 4.79 Å². The summed E-state index contributed by atoms with van der Waals surface area (Å²) in [5.41, 5.74) is 0.632. The minimum absolute atomic E-state index is 0.00478. The van der Waals surface area contributed by atoms with Crippen molar-refractivity contribution in [1.29, 1.82) is 0 Å². The number of nitrogens with zero attached hydrogens (tertiary/aromatic N) is 3. The second kappa shape index (κ2) is 8.35. The molecule has 2 aliphatic rings. The van der Waals surface area contributed by atoms with Gasteiger partial charge >= 0.3 is 0 Å². The maximum Gasteiger partial charge on any atom is 0.253 e. The van der Waals surface area contributed by atoms with Crippen molar-refractivity contribution in [2.24, 2.45) is 5.92 Å². The van der Waals surface area contributed by atoms with E-state index >= 15 is 0 Å². The van der Waals surface area contributed by atoms with E-state index in [-0.39, 0.29) is 17.7 Å². The Hall–Kier alpha value is -2.34. The van der Waals surface area contributed by atoms with Crippen LogP contribution >= 0.6 is 11.6 Å². The normalized spacial score (nSPS) is 18.4. The number of carbonyl (C=O) groups is 2. The molecular weight excluding hydrogens is 376 g/mol. The maximum atomic E-state index is 12.7. The van der Waals surface area contributed by atoms with Gasteiger partial charge in [0.2, 0.25) is 5.91 Å². The van der Waals surface area contributed by atoms with Crippen molar-refractivity contribution in [3.63, 3.8) is 0 Å². The molecule has 1 saturated heterocycles. The predicted molar refractivity (Wildman–Crippen MR) is 108 cm³/mol.